The Balaban J connectivity index is 0.000000516. The second-order valence-corrected chi connectivity index (χ2v) is 10.1. The average Bonchev–Trinajstić information content (AvgIpc) is 3.52. The molecule has 2 aliphatic rings. The van der Waals surface area contributed by atoms with Crippen molar-refractivity contribution in [1.82, 2.24) is 19.4 Å². The highest BCUT2D eigenvalue weighted by Gasteiger charge is 2.28. The molecule has 2 aromatic carbocycles. The fourth-order valence-corrected chi connectivity index (χ4v) is 4.74. The zero-order chi connectivity index (χ0) is 30.1. The first-order valence-corrected chi connectivity index (χ1v) is 13.6. The van der Waals surface area contributed by atoms with E-state index in [-0.39, 0.29) is 36.1 Å². The maximum absolute atomic E-state index is 14.7. The Morgan fingerprint density at radius 2 is 1.88 bits per heavy atom. The number of fused-ring (bicyclic) bond motifs is 1. The van der Waals surface area contributed by atoms with E-state index in [0.29, 0.717) is 24.5 Å². The lowest BCUT2D eigenvalue weighted by Gasteiger charge is -2.16. The Bertz CT molecular complexity index is 1560. The minimum atomic E-state index is -0.616. The maximum Gasteiger partial charge on any atom is 0.290 e. The number of aromatic nitrogens is 3. The van der Waals surface area contributed by atoms with E-state index < -0.39 is 5.82 Å². The van der Waals surface area contributed by atoms with Gasteiger partial charge in [-0.3, -0.25) is 14.7 Å². The predicted molar refractivity (Wildman–Crippen MR) is 152 cm³/mol. The number of nitrogens with zero attached hydrogens (tertiary/aromatic N) is 5. The van der Waals surface area contributed by atoms with Crippen molar-refractivity contribution in [3.05, 3.63) is 88.5 Å². The van der Waals surface area contributed by atoms with E-state index in [4.69, 9.17) is 29.6 Å². The molecule has 2 aromatic heterocycles. The fraction of sp³-hybridized carbons (Fsp3) is 0.355. The van der Waals surface area contributed by atoms with E-state index in [1.54, 1.807) is 6.07 Å². The van der Waals surface area contributed by atoms with Gasteiger partial charge in [-0.1, -0.05) is 6.07 Å². The molecule has 0 aliphatic carbocycles. The molecule has 42 heavy (non-hydrogen) atoms. The molecule has 6 rings (SSSR count). The molecule has 1 atom stereocenters. The largest absolute Gasteiger partial charge is 0.484 e. The molecule has 0 spiro atoms. The minimum Gasteiger partial charge on any atom is -0.484 e. The number of benzene rings is 2. The van der Waals surface area contributed by atoms with E-state index in [0.717, 1.165) is 49.1 Å². The Morgan fingerprint density at radius 1 is 1.14 bits per heavy atom. The second-order valence-electron chi connectivity index (χ2n) is 10.1. The van der Waals surface area contributed by atoms with E-state index in [1.165, 1.54) is 30.2 Å². The number of carbonyl (C=O) groups is 1. The number of rotatable bonds is 6. The van der Waals surface area contributed by atoms with Crippen LogP contribution < -0.4 is 4.74 Å². The number of nitriles is 1. The molecular weight excluding hydrogens is 544 g/mol. The molecule has 4 heterocycles. The summed E-state index contributed by atoms with van der Waals surface area (Å²) < 4.78 is 41.2. The van der Waals surface area contributed by atoms with Crippen LogP contribution >= 0.6 is 0 Å². The topological polar surface area (TPSA) is 114 Å². The van der Waals surface area contributed by atoms with Crippen LogP contribution in [0.3, 0.4) is 0 Å². The Labute approximate surface area is 242 Å². The first-order valence-electron chi connectivity index (χ1n) is 13.6. The van der Waals surface area contributed by atoms with Gasteiger partial charge >= 0.3 is 0 Å². The molecule has 2 saturated heterocycles. The van der Waals surface area contributed by atoms with Crippen LogP contribution in [0.1, 0.15) is 47.1 Å². The highest BCUT2D eigenvalue weighted by Crippen LogP contribution is 2.30. The highest BCUT2D eigenvalue weighted by molar-refractivity contribution is 5.76. The number of hydrogen-bond acceptors (Lipinski definition) is 7. The number of carboxylic acid groups (broad SMARTS) is 1. The van der Waals surface area contributed by atoms with Gasteiger partial charge in [0.15, 0.2) is 11.6 Å². The van der Waals surface area contributed by atoms with Crippen LogP contribution in [0, 0.1) is 29.9 Å². The third-order valence-corrected chi connectivity index (χ3v) is 7.10. The molecular formula is C31H33F2N5O4. The molecule has 0 radical (unpaired) electrons. The lowest BCUT2D eigenvalue weighted by Crippen LogP contribution is -2.22. The van der Waals surface area contributed by atoms with Crippen LogP contribution in [-0.2, 0) is 29.7 Å². The summed E-state index contributed by atoms with van der Waals surface area (Å²) in [6.45, 7) is 6.01. The third kappa shape index (κ3) is 7.66. The molecule has 0 bridgehead atoms. The molecule has 4 aromatic rings. The zero-order valence-corrected chi connectivity index (χ0v) is 23.6. The molecule has 0 saturated carbocycles. The van der Waals surface area contributed by atoms with Crippen molar-refractivity contribution in [2.24, 2.45) is 7.05 Å². The number of halogens is 2. The van der Waals surface area contributed by atoms with E-state index in [2.05, 4.69) is 33.5 Å². The Hall–Kier alpha value is -4.40. The van der Waals surface area contributed by atoms with Crippen molar-refractivity contribution in [2.75, 3.05) is 26.3 Å². The van der Waals surface area contributed by atoms with Gasteiger partial charge < -0.3 is 19.1 Å². The average molecular weight is 578 g/mol. The summed E-state index contributed by atoms with van der Waals surface area (Å²) in [5.41, 5.74) is 4.43. The maximum atomic E-state index is 14.7. The van der Waals surface area contributed by atoms with Crippen molar-refractivity contribution in [3.63, 3.8) is 0 Å². The Kier molecular flexibility index (Phi) is 10.5. The number of ether oxygens (including phenoxy) is 2. The molecule has 0 amide bonds. The van der Waals surface area contributed by atoms with E-state index in [9.17, 15) is 8.78 Å². The van der Waals surface area contributed by atoms with Gasteiger partial charge in [0.2, 0.25) is 0 Å². The molecule has 9 nitrogen and oxygen atoms in total. The highest BCUT2D eigenvalue weighted by atomic mass is 19.1. The van der Waals surface area contributed by atoms with Crippen molar-refractivity contribution in [3.8, 4) is 11.8 Å². The SMILES string of the molecule is C1COC1.Cc1ccc2nc(CN3CCC(c4nc(COc5ccc(C#N)cc5F)ccc4F)C3)n(C)c2c1.O=CO. The fourth-order valence-electron chi connectivity index (χ4n) is 4.74. The number of likely N-dealkylation sites (tertiary alicyclic amines) is 1. The summed E-state index contributed by atoms with van der Waals surface area (Å²) in [4.78, 5) is 19.9. The van der Waals surface area contributed by atoms with Crippen molar-refractivity contribution in [2.45, 2.75) is 38.8 Å². The first kappa shape index (κ1) is 30.6. The standard InChI is InChI=1S/C27H25F2N5O.C3H6O.CH2O2/c1-17-3-7-23-24(11-17)33(2)26(32-23)15-34-10-9-19(14-34)27-21(28)6-5-20(31-27)16-35-25-8-4-18(13-30)12-22(25)29;1-2-4-3-1;2-1-3/h3-8,11-12,19H,9-10,14-16H2,1-2H3;1-3H2;1H,(H,2,3). The summed E-state index contributed by atoms with van der Waals surface area (Å²) >= 11 is 0. The summed E-state index contributed by atoms with van der Waals surface area (Å²) in [5, 5.41) is 15.8. The van der Waals surface area contributed by atoms with E-state index in [1.807, 2.05) is 19.2 Å². The molecule has 2 aliphatic heterocycles. The molecule has 11 heteroatoms. The lowest BCUT2D eigenvalue weighted by molar-refractivity contribution is -0.122. The smallest absolute Gasteiger partial charge is 0.290 e. The van der Waals surface area contributed by atoms with Gasteiger partial charge in [-0.2, -0.15) is 5.26 Å². The van der Waals surface area contributed by atoms with Crippen molar-refractivity contribution < 1.29 is 28.2 Å². The van der Waals surface area contributed by atoms with Gasteiger partial charge in [0.1, 0.15) is 18.2 Å². The lowest BCUT2D eigenvalue weighted by atomic mass is 10.0. The van der Waals surface area contributed by atoms with Crippen LogP contribution in [0.4, 0.5) is 8.78 Å². The van der Waals surface area contributed by atoms with Crippen LogP contribution in [0.25, 0.3) is 11.0 Å². The quantitative estimate of drug-likeness (QED) is 0.315. The van der Waals surface area contributed by atoms with Gasteiger partial charge in [-0.05, 0) is 74.3 Å². The number of pyridine rings is 1. The predicted octanol–water partition coefficient (Wildman–Crippen LogP) is 5.10. The van der Waals surface area contributed by atoms with E-state index >= 15 is 0 Å². The monoisotopic (exact) mass is 577 g/mol. The van der Waals surface area contributed by atoms with Gasteiger partial charge in [0, 0.05) is 32.7 Å². The molecule has 1 N–H and O–H groups in total. The first-order chi connectivity index (χ1) is 20.3. The summed E-state index contributed by atoms with van der Waals surface area (Å²) in [6.07, 6.45) is 2.07. The van der Waals surface area contributed by atoms with Gasteiger partial charge in [-0.25, -0.2) is 13.8 Å². The molecule has 2 fully saturated rings. The summed E-state index contributed by atoms with van der Waals surface area (Å²) in [5.74, 6) is 0.00412. The van der Waals surface area contributed by atoms with Crippen LogP contribution in [0.2, 0.25) is 0 Å². The Morgan fingerprint density at radius 3 is 2.55 bits per heavy atom. The third-order valence-electron chi connectivity index (χ3n) is 7.10. The summed E-state index contributed by atoms with van der Waals surface area (Å²) in [7, 11) is 2.03. The van der Waals surface area contributed by atoms with Crippen LogP contribution in [-0.4, -0.2) is 57.3 Å². The van der Waals surface area contributed by atoms with Crippen molar-refractivity contribution >= 4 is 17.5 Å². The number of imidazole rings is 1. The zero-order valence-electron chi connectivity index (χ0n) is 23.6. The summed E-state index contributed by atoms with van der Waals surface area (Å²) in [6, 6.07) is 15.1. The number of hydrogen-bond donors (Lipinski definition) is 1. The van der Waals surface area contributed by atoms with Crippen LogP contribution in [0.15, 0.2) is 48.5 Å². The molecule has 220 valence electrons. The van der Waals surface area contributed by atoms with Gasteiger partial charge in [-0.15, -0.1) is 0 Å². The molecule has 1 unspecified atom stereocenters. The minimum absolute atomic E-state index is 0.00576. The number of aryl methyl sites for hydroxylation is 2. The van der Waals surface area contributed by atoms with Crippen molar-refractivity contribution in [1.29, 1.82) is 5.26 Å². The van der Waals surface area contributed by atoms with Gasteiger partial charge in [0.25, 0.3) is 6.47 Å². The normalized spacial score (nSPS) is 15.9. The van der Waals surface area contributed by atoms with Gasteiger partial charge in [0.05, 0.1) is 40.6 Å². The second kappa shape index (κ2) is 14.5. The van der Waals surface area contributed by atoms with Crippen LogP contribution in [0.5, 0.6) is 5.75 Å².